The van der Waals surface area contributed by atoms with Crippen LogP contribution in [0.5, 0.6) is 0 Å². The smallest absolute Gasteiger partial charge is 0.229 e. The molecule has 0 aliphatic carbocycles. The molecule has 0 saturated heterocycles. The number of halogens is 2. The molecule has 0 unspecified atom stereocenters. The number of hydrogen-bond acceptors (Lipinski definition) is 4. The lowest BCUT2D eigenvalue weighted by Crippen LogP contribution is -1.96. The number of aromatic nitrogens is 1. The summed E-state index contributed by atoms with van der Waals surface area (Å²) in [5.74, 6) is -0.201. The Balaban J connectivity index is 2.49. The molecule has 0 aliphatic rings. The van der Waals surface area contributed by atoms with Crippen LogP contribution in [0.1, 0.15) is 5.56 Å². The molecule has 0 spiro atoms. The highest BCUT2D eigenvalue weighted by Crippen LogP contribution is 2.31. The Morgan fingerprint density at radius 1 is 1.53 bits per heavy atom. The van der Waals surface area contributed by atoms with Gasteiger partial charge in [-0.25, -0.2) is 4.39 Å². The van der Waals surface area contributed by atoms with Crippen molar-refractivity contribution in [2.45, 2.75) is 6.61 Å². The fourth-order valence-corrected chi connectivity index (χ4v) is 2.06. The second-order valence-electron chi connectivity index (χ2n) is 3.46. The summed E-state index contributed by atoms with van der Waals surface area (Å²) < 4.78 is 24.1. The monoisotopic (exact) mass is 300 g/mol. The first-order chi connectivity index (χ1) is 8.13. The molecule has 4 nitrogen and oxygen atoms in total. The number of ether oxygens (including phenoxy) is 1. The molecule has 0 bridgehead atoms. The minimum atomic E-state index is -0.364. The summed E-state index contributed by atoms with van der Waals surface area (Å²) in [7, 11) is 1.51. The topological polar surface area (TPSA) is 61.3 Å². The fourth-order valence-electron chi connectivity index (χ4n) is 1.51. The molecule has 2 N–H and O–H groups in total. The van der Waals surface area contributed by atoms with Gasteiger partial charge in [0.05, 0.1) is 18.4 Å². The lowest BCUT2D eigenvalue weighted by atomic mass is 10.1. The Morgan fingerprint density at radius 3 is 2.82 bits per heavy atom. The Bertz CT molecular complexity index is 519. The van der Waals surface area contributed by atoms with Crippen molar-refractivity contribution in [3.63, 3.8) is 0 Å². The maximum Gasteiger partial charge on any atom is 0.229 e. The van der Waals surface area contributed by atoms with Crippen molar-refractivity contribution < 1.29 is 13.7 Å². The largest absolute Gasteiger partial charge is 0.380 e. The van der Waals surface area contributed by atoms with E-state index in [4.69, 9.17) is 15.0 Å². The molecule has 6 heteroatoms. The second kappa shape index (κ2) is 4.85. The van der Waals surface area contributed by atoms with Gasteiger partial charge in [-0.2, -0.15) is 0 Å². The van der Waals surface area contributed by atoms with E-state index in [0.717, 1.165) is 0 Å². The minimum absolute atomic E-state index is 0.163. The van der Waals surface area contributed by atoms with E-state index < -0.39 is 0 Å². The molecule has 1 aromatic carbocycles. The number of nitrogens with two attached hydrogens (primary N) is 1. The highest BCUT2D eigenvalue weighted by molar-refractivity contribution is 9.10. The zero-order valence-electron chi connectivity index (χ0n) is 9.04. The van der Waals surface area contributed by atoms with Crippen molar-refractivity contribution in [2.75, 3.05) is 12.8 Å². The van der Waals surface area contributed by atoms with Crippen LogP contribution in [0.2, 0.25) is 0 Å². The van der Waals surface area contributed by atoms with Gasteiger partial charge in [-0.1, -0.05) is 21.1 Å². The quantitative estimate of drug-likeness (QED) is 0.946. The third-order valence-electron chi connectivity index (χ3n) is 2.34. The van der Waals surface area contributed by atoms with Gasteiger partial charge in [0.25, 0.3) is 0 Å². The average molecular weight is 301 g/mol. The molecule has 0 amide bonds. The van der Waals surface area contributed by atoms with Crippen LogP contribution in [-0.2, 0) is 11.3 Å². The van der Waals surface area contributed by atoms with E-state index in [1.807, 2.05) is 0 Å². The highest BCUT2D eigenvalue weighted by atomic mass is 79.9. The molecular weight excluding hydrogens is 291 g/mol. The number of benzene rings is 1. The first-order valence-electron chi connectivity index (χ1n) is 4.81. The molecule has 0 radical (unpaired) electrons. The van der Waals surface area contributed by atoms with E-state index in [9.17, 15) is 4.39 Å². The number of nitrogens with zero attached hydrogens (tertiary/aromatic N) is 1. The van der Waals surface area contributed by atoms with E-state index in [0.29, 0.717) is 21.2 Å². The summed E-state index contributed by atoms with van der Waals surface area (Å²) in [4.78, 5) is 0. The number of methoxy groups -OCH3 is 1. The van der Waals surface area contributed by atoms with Gasteiger partial charge in [-0.15, -0.1) is 0 Å². The fraction of sp³-hybridized carbons (Fsp3) is 0.182. The lowest BCUT2D eigenvalue weighted by Gasteiger charge is -2.07. The van der Waals surface area contributed by atoms with E-state index in [1.165, 1.54) is 19.4 Å². The SMILES string of the molecule is COCc1c(F)cc(-c2cnoc2N)cc1Br. The maximum absolute atomic E-state index is 13.8. The van der Waals surface area contributed by atoms with E-state index in [1.54, 1.807) is 6.07 Å². The first kappa shape index (κ1) is 12.1. The molecule has 1 heterocycles. The summed E-state index contributed by atoms with van der Waals surface area (Å²) in [5.41, 5.74) is 7.21. The number of anilines is 1. The third-order valence-corrected chi connectivity index (χ3v) is 3.05. The van der Waals surface area contributed by atoms with Gasteiger partial charge in [0.2, 0.25) is 5.88 Å². The highest BCUT2D eigenvalue weighted by Gasteiger charge is 2.13. The van der Waals surface area contributed by atoms with Crippen molar-refractivity contribution in [1.82, 2.24) is 5.16 Å². The van der Waals surface area contributed by atoms with Crippen LogP contribution in [0.15, 0.2) is 27.3 Å². The predicted molar refractivity (Wildman–Crippen MR) is 64.7 cm³/mol. The van der Waals surface area contributed by atoms with E-state index in [2.05, 4.69) is 21.1 Å². The minimum Gasteiger partial charge on any atom is -0.380 e. The Labute approximate surface area is 106 Å². The number of hydrogen-bond donors (Lipinski definition) is 1. The van der Waals surface area contributed by atoms with Crippen molar-refractivity contribution in [3.8, 4) is 11.1 Å². The standard InChI is InChI=1S/C11H10BrFN2O2/c1-16-5-8-9(12)2-6(3-10(8)13)7-4-15-17-11(7)14/h2-4H,5,14H2,1H3. The predicted octanol–water partition coefficient (Wildman–Crippen LogP) is 2.97. The molecule has 0 fully saturated rings. The summed E-state index contributed by atoms with van der Waals surface area (Å²) in [6.45, 7) is 0.200. The molecule has 1 aromatic heterocycles. The molecule has 0 aliphatic heterocycles. The van der Waals surface area contributed by atoms with Gasteiger partial charge < -0.3 is 15.0 Å². The van der Waals surface area contributed by atoms with Crippen molar-refractivity contribution >= 4 is 21.8 Å². The van der Waals surface area contributed by atoms with E-state index in [-0.39, 0.29) is 18.3 Å². The normalized spacial score (nSPS) is 10.8. The van der Waals surface area contributed by atoms with Crippen molar-refractivity contribution in [2.24, 2.45) is 0 Å². The zero-order chi connectivity index (χ0) is 12.4. The molecule has 0 saturated carbocycles. The molecule has 2 rings (SSSR count). The van der Waals surface area contributed by atoms with Crippen LogP contribution < -0.4 is 5.73 Å². The van der Waals surface area contributed by atoms with Crippen LogP contribution in [0.3, 0.4) is 0 Å². The van der Waals surface area contributed by atoms with Crippen LogP contribution in [0.4, 0.5) is 10.3 Å². The molecule has 90 valence electrons. The Hall–Kier alpha value is -1.40. The van der Waals surface area contributed by atoms with Gasteiger partial charge in [-0.3, -0.25) is 0 Å². The average Bonchev–Trinajstić information content (AvgIpc) is 2.69. The van der Waals surface area contributed by atoms with Gasteiger partial charge in [0, 0.05) is 17.1 Å². The van der Waals surface area contributed by atoms with Crippen LogP contribution in [0.25, 0.3) is 11.1 Å². The van der Waals surface area contributed by atoms with Gasteiger partial charge >= 0.3 is 0 Å². The summed E-state index contributed by atoms with van der Waals surface area (Å²) in [5, 5.41) is 3.55. The summed E-state index contributed by atoms with van der Waals surface area (Å²) >= 11 is 3.30. The Morgan fingerprint density at radius 2 is 2.29 bits per heavy atom. The number of rotatable bonds is 3. The van der Waals surface area contributed by atoms with Gasteiger partial charge in [0.15, 0.2) is 0 Å². The van der Waals surface area contributed by atoms with Gasteiger partial charge in [-0.05, 0) is 17.7 Å². The van der Waals surface area contributed by atoms with Crippen LogP contribution >= 0.6 is 15.9 Å². The van der Waals surface area contributed by atoms with Gasteiger partial charge in [0.1, 0.15) is 5.82 Å². The summed E-state index contributed by atoms with van der Waals surface area (Å²) in [6, 6.07) is 3.13. The van der Waals surface area contributed by atoms with Crippen LogP contribution in [0, 0.1) is 5.82 Å². The molecule has 0 atom stereocenters. The zero-order valence-corrected chi connectivity index (χ0v) is 10.6. The lowest BCUT2D eigenvalue weighted by molar-refractivity contribution is 0.181. The third kappa shape index (κ3) is 2.32. The van der Waals surface area contributed by atoms with E-state index >= 15 is 0 Å². The number of nitrogen functional groups attached to an aromatic ring is 1. The first-order valence-corrected chi connectivity index (χ1v) is 5.60. The second-order valence-corrected chi connectivity index (χ2v) is 4.31. The molecule has 2 aromatic rings. The maximum atomic E-state index is 13.8. The van der Waals surface area contributed by atoms with Crippen molar-refractivity contribution in [1.29, 1.82) is 0 Å². The summed E-state index contributed by atoms with van der Waals surface area (Å²) in [6.07, 6.45) is 1.45. The Kier molecular flexibility index (Phi) is 3.44. The van der Waals surface area contributed by atoms with Crippen molar-refractivity contribution in [3.05, 3.63) is 34.2 Å². The van der Waals surface area contributed by atoms with Crippen LogP contribution in [-0.4, -0.2) is 12.3 Å². The molecule has 17 heavy (non-hydrogen) atoms. The molecular formula is C11H10BrFN2O2.